The number of nitrogens with zero attached hydrogens (tertiary/aromatic N) is 2. The van der Waals surface area contributed by atoms with Gasteiger partial charge < -0.3 is 10.6 Å². The number of hydrogen-bond donors (Lipinski definition) is 2. The molecule has 1 aromatic heterocycles. The highest BCUT2D eigenvalue weighted by Crippen LogP contribution is 2.26. The van der Waals surface area contributed by atoms with Crippen LogP contribution in [0.5, 0.6) is 0 Å². The van der Waals surface area contributed by atoms with Crippen molar-refractivity contribution < 1.29 is 9.59 Å². The molecule has 2 aliphatic carbocycles. The number of rotatable bonds is 4. The van der Waals surface area contributed by atoms with Crippen molar-refractivity contribution in [3.8, 4) is 0 Å². The predicted octanol–water partition coefficient (Wildman–Crippen LogP) is 3.51. The van der Waals surface area contributed by atoms with Crippen molar-refractivity contribution in [2.75, 3.05) is 10.6 Å². The Morgan fingerprint density at radius 1 is 0.750 bits per heavy atom. The highest BCUT2D eigenvalue weighted by Gasteiger charge is 2.23. The van der Waals surface area contributed by atoms with E-state index in [4.69, 9.17) is 0 Å². The summed E-state index contributed by atoms with van der Waals surface area (Å²) in [7, 11) is 0. The van der Waals surface area contributed by atoms with Crippen molar-refractivity contribution in [3.05, 3.63) is 12.4 Å². The monoisotopic (exact) mass is 330 g/mol. The van der Waals surface area contributed by atoms with Crippen molar-refractivity contribution in [3.63, 3.8) is 0 Å². The highest BCUT2D eigenvalue weighted by atomic mass is 16.2. The van der Waals surface area contributed by atoms with Crippen molar-refractivity contribution in [2.24, 2.45) is 11.8 Å². The van der Waals surface area contributed by atoms with E-state index < -0.39 is 0 Å². The fraction of sp³-hybridized carbons (Fsp3) is 0.667. The molecule has 2 fully saturated rings. The van der Waals surface area contributed by atoms with Gasteiger partial charge >= 0.3 is 0 Å². The number of amides is 2. The number of hydrogen-bond acceptors (Lipinski definition) is 4. The largest absolute Gasteiger partial charge is 0.309 e. The summed E-state index contributed by atoms with van der Waals surface area (Å²) in [6, 6.07) is 0. The molecule has 0 unspecified atom stereocenters. The van der Waals surface area contributed by atoms with Gasteiger partial charge in [0.1, 0.15) is 0 Å². The second kappa shape index (κ2) is 8.22. The van der Waals surface area contributed by atoms with Gasteiger partial charge in [0, 0.05) is 11.8 Å². The molecule has 2 amide bonds. The molecule has 130 valence electrons. The molecule has 0 radical (unpaired) electrons. The Morgan fingerprint density at radius 2 is 1.17 bits per heavy atom. The van der Waals surface area contributed by atoms with Crippen LogP contribution in [0.2, 0.25) is 0 Å². The van der Waals surface area contributed by atoms with E-state index in [1.54, 1.807) is 0 Å². The Balaban J connectivity index is 1.57. The first-order chi connectivity index (χ1) is 11.7. The maximum atomic E-state index is 12.3. The van der Waals surface area contributed by atoms with E-state index in [0.29, 0.717) is 11.6 Å². The number of nitrogens with one attached hydrogen (secondary N) is 2. The van der Waals surface area contributed by atoms with E-state index in [1.807, 2.05) is 0 Å². The molecule has 2 N–H and O–H groups in total. The molecule has 2 aliphatic rings. The fourth-order valence-corrected chi connectivity index (χ4v) is 3.67. The summed E-state index contributed by atoms with van der Waals surface area (Å²) in [5.41, 5.74) is 0. The van der Waals surface area contributed by atoms with Gasteiger partial charge in [-0.1, -0.05) is 38.5 Å². The maximum absolute atomic E-state index is 12.3. The first-order valence-corrected chi connectivity index (χ1v) is 9.16. The van der Waals surface area contributed by atoms with Crippen molar-refractivity contribution in [1.82, 2.24) is 9.97 Å². The number of carbonyl (C=O) groups is 2. The van der Waals surface area contributed by atoms with Crippen LogP contribution in [0, 0.1) is 11.8 Å². The van der Waals surface area contributed by atoms with Crippen LogP contribution in [-0.4, -0.2) is 21.8 Å². The summed E-state index contributed by atoms with van der Waals surface area (Å²) in [5.74, 6) is 0.987. The normalized spacial score (nSPS) is 19.7. The minimum Gasteiger partial charge on any atom is -0.309 e. The molecule has 6 nitrogen and oxygen atoms in total. The Hall–Kier alpha value is -1.98. The van der Waals surface area contributed by atoms with Gasteiger partial charge in [-0.3, -0.25) is 14.6 Å². The van der Waals surface area contributed by atoms with Gasteiger partial charge in [0.25, 0.3) is 0 Å². The zero-order valence-electron chi connectivity index (χ0n) is 14.1. The zero-order valence-corrected chi connectivity index (χ0v) is 14.1. The molecule has 0 aromatic carbocycles. The predicted molar refractivity (Wildman–Crippen MR) is 92.4 cm³/mol. The molecule has 0 spiro atoms. The van der Waals surface area contributed by atoms with Crippen LogP contribution in [0.3, 0.4) is 0 Å². The lowest BCUT2D eigenvalue weighted by atomic mass is 9.89. The van der Waals surface area contributed by atoms with E-state index in [0.717, 1.165) is 51.4 Å². The second-order valence-electron chi connectivity index (χ2n) is 6.94. The molecule has 6 heteroatoms. The molecule has 0 bridgehead atoms. The van der Waals surface area contributed by atoms with E-state index in [2.05, 4.69) is 20.6 Å². The summed E-state index contributed by atoms with van der Waals surface area (Å²) >= 11 is 0. The highest BCUT2D eigenvalue weighted by molar-refractivity contribution is 5.93. The minimum atomic E-state index is 0.0137. The molecule has 24 heavy (non-hydrogen) atoms. The number of aromatic nitrogens is 2. The number of anilines is 2. The lowest BCUT2D eigenvalue weighted by Crippen LogP contribution is -2.26. The summed E-state index contributed by atoms with van der Waals surface area (Å²) in [5, 5.41) is 5.68. The van der Waals surface area contributed by atoms with Gasteiger partial charge in [-0.15, -0.1) is 0 Å². The van der Waals surface area contributed by atoms with Crippen LogP contribution in [0.15, 0.2) is 12.4 Å². The first-order valence-electron chi connectivity index (χ1n) is 9.16. The van der Waals surface area contributed by atoms with Gasteiger partial charge in [0.05, 0.1) is 12.4 Å². The molecule has 0 aliphatic heterocycles. The quantitative estimate of drug-likeness (QED) is 0.885. The van der Waals surface area contributed by atoms with Gasteiger partial charge in [0.2, 0.25) is 11.8 Å². The summed E-state index contributed by atoms with van der Waals surface area (Å²) in [6.45, 7) is 0. The lowest BCUT2D eigenvalue weighted by molar-refractivity contribution is -0.121. The Kier molecular flexibility index (Phi) is 5.77. The molecule has 0 saturated heterocycles. The third kappa shape index (κ3) is 4.52. The molecule has 0 atom stereocenters. The fourth-order valence-electron chi connectivity index (χ4n) is 3.67. The van der Waals surface area contributed by atoms with Crippen LogP contribution in [0.1, 0.15) is 64.2 Å². The van der Waals surface area contributed by atoms with Crippen LogP contribution in [-0.2, 0) is 9.59 Å². The third-order valence-electron chi connectivity index (χ3n) is 5.09. The maximum Gasteiger partial charge on any atom is 0.228 e. The minimum absolute atomic E-state index is 0.0137. The molecule has 3 rings (SSSR count). The molecule has 1 heterocycles. The first kappa shape index (κ1) is 16.9. The average molecular weight is 330 g/mol. The van der Waals surface area contributed by atoms with Crippen LogP contribution in [0.25, 0.3) is 0 Å². The molecular formula is C18H26N4O2. The van der Waals surface area contributed by atoms with Crippen molar-refractivity contribution >= 4 is 23.5 Å². The molecule has 1 aromatic rings. The smallest absolute Gasteiger partial charge is 0.228 e. The van der Waals surface area contributed by atoms with Crippen LogP contribution >= 0.6 is 0 Å². The van der Waals surface area contributed by atoms with Crippen molar-refractivity contribution in [2.45, 2.75) is 64.2 Å². The van der Waals surface area contributed by atoms with Gasteiger partial charge in [-0.25, -0.2) is 4.98 Å². The topological polar surface area (TPSA) is 84.0 Å². The van der Waals surface area contributed by atoms with Gasteiger partial charge in [0.15, 0.2) is 11.6 Å². The summed E-state index contributed by atoms with van der Waals surface area (Å²) in [6.07, 6.45) is 13.7. The summed E-state index contributed by atoms with van der Waals surface area (Å²) < 4.78 is 0. The van der Waals surface area contributed by atoms with E-state index in [9.17, 15) is 9.59 Å². The SMILES string of the molecule is O=C(Nc1cncc(NC(=O)C2CCCCC2)n1)C1CCCCC1. The molecule has 2 saturated carbocycles. The van der Waals surface area contributed by atoms with Gasteiger partial charge in [-0.05, 0) is 25.7 Å². The summed E-state index contributed by atoms with van der Waals surface area (Å²) in [4.78, 5) is 33.0. The van der Waals surface area contributed by atoms with Crippen LogP contribution in [0.4, 0.5) is 11.6 Å². The van der Waals surface area contributed by atoms with Crippen molar-refractivity contribution in [1.29, 1.82) is 0 Å². The Morgan fingerprint density at radius 3 is 1.58 bits per heavy atom. The number of carbonyl (C=O) groups excluding carboxylic acids is 2. The standard InChI is InChI=1S/C18H26N4O2/c23-17(13-7-3-1-4-8-13)21-15-11-19-12-16(20-15)22-18(24)14-9-5-2-6-10-14/h11-14H,1-10H2,(H2,20,21,22,23,24). The third-order valence-corrected chi connectivity index (χ3v) is 5.09. The lowest BCUT2D eigenvalue weighted by Gasteiger charge is -2.21. The Labute approximate surface area is 142 Å². The molecular weight excluding hydrogens is 304 g/mol. The average Bonchev–Trinajstić information content (AvgIpc) is 2.63. The second-order valence-corrected chi connectivity index (χ2v) is 6.94. The van der Waals surface area contributed by atoms with E-state index in [-0.39, 0.29) is 23.7 Å². The van der Waals surface area contributed by atoms with E-state index in [1.165, 1.54) is 25.2 Å². The van der Waals surface area contributed by atoms with E-state index >= 15 is 0 Å². The Bertz CT molecular complexity index is 531. The zero-order chi connectivity index (χ0) is 16.8. The van der Waals surface area contributed by atoms with Crippen LogP contribution < -0.4 is 10.6 Å². The van der Waals surface area contributed by atoms with Gasteiger partial charge in [-0.2, -0.15) is 0 Å².